The van der Waals surface area contributed by atoms with Crippen LogP contribution in [0.25, 0.3) is 28.1 Å². The largest absolute Gasteiger partial charge is 0.453 e. The second-order valence-electron chi connectivity index (χ2n) is 14.7. The lowest BCUT2D eigenvalue weighted by atomic mass is 9.99. The van der Waals surface area contributed by atoms with E-state index in [0.29, 0.717) is 13.0 Å². The molecule has 0 radical (unpaired) electrons. The number of carbonyl (C=O) groups is 4. The summed E-state index contributed by atoms with van der Waals surface area (Å²) in [7, 11) is 5.49. The molecule has 2 aromatic carbocycles. The van der Waals surface area contributed by atoms with Crippen LogP contribution in [0.4, 0.5) is 9.59 Å². The van der Waals surface area contributed by atoms with E-state index in [9.17, 15) is 19.2 Å². The Hall–Kier alpha value is -5.61. The van der Waals surface area contributed by atoms with Crippen LogP contribution in [0.5, 0.6) is 0 Å². The van der Waals surface area contributed by atoms with Crippen molar-refractivity contribution in [3.05, 3.63) is 72.3 Å². The molecule has 0 spiro atoms. The predicted octanol–water partition coefficient (Wildman–Crippen LogP) is 3.75. The van der Waals surface area contributed by atoms with Gasteiger partial charge in [0.1, 0.15) is 24.1 Å². The quantitative estimate of drug-likeness (QED) is 0.124. The van der Waals surface area contributed by atoms with E-state index in [2.05, 4.69) is 73.0 Å². The van der Waals surface area contributed by atoms with E-state index in [1.807, 2.05) is 37.1 Å². The maximum Gasteiger partial charge on any atom is 0.407 e. The van der Waals surface area contributed by atoms with Crippen LogP contribution in [-0.4, -0.2) is 116 Å². The molecule has 2 aliphatic heterocycles. The van der Waals surface area contributed by atoms with Crippen molar-refractivity contribution in [1.29, 1.82) is 0 Å². The molecule has 6 N–H and O–H groups in total. The number of aromatic amines is 1. The highest BCUT2D eigenvalue weighted by atomic mass is 16.5. The lowest BCUT2D eigenvalue weighted by molar-refractivity contribution is -0.138. The van der Waals surface area contributed by atoms with Crippen LogP contribution in [0.3, 0.4) is 0 Å². The number of nitrogens with one attached hydrogen (secondary N) is 6. The Kier molecular flexibility index (Phi) is 14.6. The standard InChI is InChI=1S/C41H56N8O8/c1-23(2)30(46-38(50)35(24(3)54-5)47-40(52)56-7)20-34-42-21-31(44-34)28-15-11-26(12-16-28)27-13-17-29(18-14-27)32-22-43-37(45-32)33-10-9-19-49(33)39(51)36(25(4)55-6)48-41(53)57-8/h11-18,21-25,30,33,35-37,43,45H,9-10,19-20H2,1-8H3,(H,42,44)(H,46,50)(H,47,52)(H,48,53)/t24-,25-,30+,33?,35+,36+,37?/m1/s1. The van der Waals surface area contributed by atoms with Gasteiger partial charge in [-0.05, 0) is 54.9 Å². The number of methoxy groups -OCH3 is 4. The van der Waals surface area contributed by atoms with E-state index in [4.69, 9.17) is 18.9 Å². The first kappa shape index (κ1) is 42.5. The van der Waals surface area contributed by atoms with Gasteiger partial charge >= 0.3 is 12.2 Å². The molecule has 16 nitrogen and oxygen atoms in total. The number of aromatic nitrogens is 2. The maximum atomic E-state index is 13.6. The summed E-state index contributed by atoms with van der Waals surface area (Å²) in [6.07, 6.45) is 3.14. The molecule has 3 heterocycles. The fraction of sp³-hybridized carbons (Fsp3) is 0.488. The molecular weight excluding hydrogens is 732 g/mol. The number of amides is 4. The van der Waals surface area contributed by atoms with E-state index in [-0.39, 0.29) is 36.0 Å². The SMILES string of the molecule is COC(=O)N[C@H](C(=O)N[C@@H](Cc1ncc(-c2ccc(-c3ccc(C4=CNC(C5CCCN5C(=O)[C@@H](NC(=O)OC)[C@@H](C)OC)N4)cc3)cc2)[nH]1)C(C)C)[C@@H](C)OC. The molecular formula is C41H56N8O8. The summed E-state index contributed by atoms with van der Waals surface area (Å²) in [5.41, 5.74) is 5.86. The summed E-state index contributed by atoms with van der Waals surface area (Å²) in [6.45, 7) is 8.06. The second kappa shape index (κ2) is 19.5. The number of H-pyrrole nitrogens is 1. The zero-order valence-electron chi connectivity index (χ0n) is 33.9. The van der Waals surface area contributed by atoms with Crippen molar-refractivity contribution in [2.45, 2.75) is 89.5 Å². The van der Waals surface area contributed by atoms with Gasteiger partial charge in [-0.3, -0.25) is 9.59 Å². The molecule has 2 unspecified atom stereocenters. The molecule has 5 rings (SSSR count). The predicted molar refractivity (Wildman–Crippen MR) is 214 cm³/mol. The molecule has 0 aliphatic carbocycles. The van der Waals surface area contributed by atoms with E-state index < -0.39 is 36.5 Å². The van der Waals surface area contributed by atoms with Crippen LogP contribution in [0.15, 0.2) is 60.9 Å². The third-order valence-electron chi connectivity index (χ3n) is 10.7. The number of rotatable bonds is 16. The Morgan fingerprint density at radius 2 is 1.35 bits per heavy atom. The number of benzene rings is 2. The first-order chi connectivity index (χ1) is 27.4. The summed E-state index contributed by atoms with van der Waals surface area (Å²) < 4.78 is 20.2. The summed E-state index contributed by atoms with van der Waals surface area (Å²) in [5, 5.41) is 15.2. The number of alkyl carbamates (subject to hydrolysis) is 2. The summed E-state index contributed by atoms with van der Waals surface area (Å²) in [5.74, 6) is 0.222. The molecule has 0 bridgehead atoms. The normalized spacial score (nSPS) is 19.0. The maximum absolute atomic E-state index is 13.6. The van der Waals surface area contributed by atoms with Crippen LogP contribution in [0.1, 0.15) is 51.9 Å². The summed E-state index contributed by atoms with van der Waals surface area (Å²) in [6, 6.07) is 14.3. The third-order valence-corrected chi connectivity index (χ3v) is 10.7. The average molecular weight is 789 g/mol. The van der Waals surface area contributed by atoms with Crippen LogP contribution >= 0.6 is 0 Å². The first-order valence-electron chi connectivity index (χ1n) is 19.2. The number of carbonyl (C=O) groups excluding carboxylic acids is 4. The molecule has 3 aromatic rings. The van der Waals surface area contributed by atoms with E-state index >= 15 is 0 Å². The number of ether oxygens (including phenoxy) is 4. The Bertz CT molecular complexity index is 1860. The second-order valence-corrected chi connectivity index (χ2v) is 14.7. The minimum atomic E-state index is -0.928. The highest BCUT2D eigenvalue weighted by Gasteiger charge is 2.41. The first-order valence-corrected chi connectivity index (χ1v) is 19.2. The number of hydrogen-bond acceptors (Lipinski definition) is 11. The van der Waals surface area contributed by atoms with Gasteiger partial charge in [-0.1, -0.05) is 62.4 Å². The summed E-state index contributed by atoms with van der Waals surface area (Å²) >= 11 is 0. The van der Waals surface area contributed by atoms with Crippen molar-refractivity contribution in [1.82, 2.24) is 41.5 Å². The Morgan fingerprint density at radius 3 is 1.93 bits per heavy atom. The lowest BCUT2D eigenvalue weighted by Gasteiger charge is -2.34. The van der Waals surface area contributed by atoms with Crippen molar-refractivity contribution in [2.24, 2.45) is 5.92 Å². The lowest BCUT2D eigenvalue weighted by Crippen LogP contribution is -2.59. The molecule has 0 saturated carbocycles. The number of hydrogen-bond donors (Lipinski definition) is 6. The molecule has 308 valence electrons. The smallest absolute Gasteiger partial charge is 0.407 e. The molecule has 1 aromatic heterocycles. The molecule has 2 aliphatic rings. The van der Waals surface area contributed by atoms with Gasteiger partial charge in [0.05, 0.1) is 50.1 Å². The molecule has 7 atom stereocenters. The van der Waals surface area contributed by atoms with Gasteiger partial charge in [0.25, 0.3) is 0 Å². The van der Waals surface area contributed by atoms with Gasteiger partial charge in [0.15, 0.2) is 0 Å². The topological polar surface area (TPSA) is 197 Å². The van der Waals surface area contributed by atoms with Gasteiger partial charge in [-0.25, -0.2) is 14.6 Å². The van der Waals surface area contributed by atoms with E-state index in [1.54, 1.807) is 20.0 Å². The molecule has 16 heteroatoms. The average Bonchev–Trinajstić information content (AvgIpc) is 4.03. The molecule has 1 fully saturated rings. The van der Waals surface area contributed by atoms with Crippen molar-refractivity contribution < 1.29 is 38.1 Å². The monoisotopic (exact) mass is 788 g/mol. The molecule has 1 saturated heterocycles. The Balaban J connectivity index is 1.18. The Morgan fingerprint density at radius 1 is 0.789 bits per heavy atom. The van der Waals surface area contributed by atoms with Gasteiger partial charge in [-0.15, -0.1) is 0 Å². The number of nitrogens with zero attached hydrogens (tertiary/aromatic N) is 2. The highest BCUT2D eigenvalue weighted by Crippen LogP contribution is 2.28. The van der Waals surface area contributed by atoms with Crippen LogP contribution in [0, 0.1) is 5.92 Å². The van der Waals surface area contributed by atoms with Crippen LogP contribution in [-0.2, 0) is 35.0 Å². The van der Waals surface area contributed by atoms with Crippen molar-refractivity contribution in [3.63, 3.8) is 0 Å². The minimum absolute atomic E-state index is 0.0816. The number of imidazole rings is 1. The highest BCUT2D eigenvalue weighted by molar-refractivity contribution is 5.87. The van der Waals surface area contributed by atoms with E-state index in [0.717, 1.165) is 52.3 Å². The third kappa shape index (κ3) is 10.4. The van der Waals surface area contributed by atoms with Gasteiger partial charge in [-0.2, -0.15) is 0 Å². The van der Waals surface area contributed by atoms with Crippen LogP contribution in [0.2, 0.25) is 0 Å². The van der Waals surface area contributed by atoms with Gasteiger partial charge in [0.2, 0.25) is 11.8 Å². The number of likely N-dealkylation sites (tertiary alicyclic amines) is 1. The van der Waals surface area contributed by atoms with Crippen LogP contribution < -0.4 is 26.6 Å². The zero-order valence-corrected chi connectivity index (χ0v) is 33.9. The summed E-state index contributed by atoms with van der Waals surface area (Å²) in [4.78, 5) is 60.5. The molecule has 4 amide bonds. The van der Waals surface area contributed by atoms with Crippen molar-refractivity contribution in [3.8, 4) is 22.4 Å². The van der Waals surface area contributed by atoms with Gasteiger partial charge in [0, 0.05) is 39.4 Å². The minimum Gasteiger partial charge on any atom is -0.453 e. The fourth-order valence-corrected chi connectivity index (χ4v) is 7.04. The van der Waals surface area contributed by atoms with Gasteiger partial charge < -0.3 is 55.4 Å². The molecule has 57 heavy (non-hydrogen) atoms. The van der Waals surface area contributed by atoms with E-state index in [1.165, 1.54) is 28.4 Å². The zero-order chi connectivity index (χ0) is 41.2. The fourth-order valence-electron chi connectivity index (χ4n) is 7.04. The van der Waals surface area contributed by atoms with Crippen molar-refractivity contribution >= 4 is 29.7 Å². The Labute approximate surface area is 333 Å². The van der Waals surface area contributed by atoms with Crippen molar-refractivity contribution in [2.75, 3.05) is 35.0 Å².